The Balaban J connectivity index is 1.73. The second kappa shape index (κ2) is 6.46. The first-order valence-corrected chi connectivity index (χ1v) is 8.27. The lowest BCUT2D eigenvalue weighted by atomic mass is 10.2. The summed E-state index contributed by atoms with van der Waals surface area (Å²) in [4.78, 5) is 15.3. The number of carbonyl (C=O) groups is 1. The van der Waals surface area contributed by atoms with Gasteiger partial charge >= 0.3 is 0 Å². The molecular weight excluding hydrogens is 320 g/mol. The quantitative estimate of drug-likeness (QED) is 0.732. The van der Waals surface area contributed by atoms with Crippen LogP contribution >= 0.6 is 22.9 Å². The van der Waals surface area contributed by atoms with Crippen LogP contribution in [0.2, 0.25) is 5.02 Å². The van der Waals surface area contributed by atoms with Gasteiger partial charge in [-0.05, 0) is 30.7 Å². The lowest BCUT2D eigenvalue weighted by molar-refractivity contribution is 0.102. The van der Waals surface area contributed by atoms with Gasteiger partial charge in [-0.25, -0.2) is 0 Å². The second-order valence-corrected chi connectivity index (χ2v) is 6.47. The molecule has 1 aromatic carbocycles. The van der Waals surface area contributed by atoms with Gasteiger partial charge in [-0.15, -0.1) is 10.2 Å². The molecule has 3 rings (SSSR count). The van der Waals surface area contributed by atoms with Crippen molar-refractivity contribution in [3.05, 3.63) is 40.0 Å². The van der Waals surface area contributed by atoms with Crippen molar-refractivity contribution in [1.82, 2.24) is 15.2 Å². The Morgan fingerprint density at radius 1 is 1.36 bits per heavy atom. The largest absolute Gasteiger partial charge is 0.351 e. The summed E-state index contributed by atoms with van der Waals surface area (Å²) in [6, 6.07) is 7.22. The van der Waals surface area contributed by atoms with Gasteiger partial charge in [-0.2, -0.15) is 0 Å². The summed E-state index contributed by atoms with van der Waals surface area (Å²) < 4.78 is 0. The molecular formula is C15H15ClN4OS. The Morgan fingerprint density at radius 2 is 2.23 bits per heavy atom. The van der Waals surface area contributed by atoms with E-state index in [4.69, 9.17) is 11.6 Å². The minimum atomic E-state index is -0.231. The van der Waals surface area contributed by atoms with Crippen molar-refractivity contribution in [3.63, 3.8) is 0 Å². The van der Waals surface area contributed by atoms with E-state index in [1.54, 1.807) is 12.1 Å². The van der Waals surface area contributed by atoms with E-state index < -0.39 is 0 Å². The summed E-state index contributed by atoms with van der Waals surface area (Å²) in [6.07, 6.45) is 3.08. The molecule has 2 aromatic heterocycles. The second-order valence-electron chi connectivity index (χ2n) is 4.97. The van der Waals surface area contributed by atoms with Crippen molar-refractivity contribution in [1.29, 1.82) is 0 Å². The van der Waals surface area contributed by atoms with Gasteiger partial charge in [0, 0.05) is 22.3 Å². The predicted octanol–water partition coefficient (Wildman–Crippen LogP) is 4.27. The van der Waals surface area contributed by atoms with E-state index in [0.29, 0.717) is 15.8 Å². The van der Waals surface area contributed by atoms with Crippen molar-refractivity contribution < 1.29 is 4.79 Å². The fraction of sp³-hybridized carbons (Fsp3) is 0.267. The highest BCUT2D eigenvalue weighted by Gasteiger charge is 2.12. The standard InChI is InChI=1S/C15H15ClN4OS/c1-2-3-4-13-19-20-15(22-13)18-14(21)12-8-9-7-10(16)5-6-11(9)17-12/h5-8,17H,2-4H2,1H3,(H,18,20,21). The number of aromatic nitrogens is 3. The molecule has 2 N–H and O–H groups in total. The number of nitrogens with zero attached hydrogens (tertiary/aromatic N) is 2. The maximum Gasteiger partial charge on any atom is 0.273 e. The van der Waals surface area contributed by atoms with Gasteiger partial charge in [0.25, 0.3) is 5.91 Å². The molecule has 114 valence electrons. The number of unbranched alkanes of at least 4 members (excludes halogenated alkanes) is 1. The fourth-order valence-electron chi connectivity index (χ4n) is 2.12. The summed E-state index contributed by atoms with van der Waals surface area (Å²) in [7, 11) is 0. The third-order valence-electron chi connectivity index (χ3n) is 3.26. The average Bonchev–Trinajstić information content (AvgIpc) is 3.11. The molecule has 1 amide bonds. The van der Waals surface area contributed by atoms with Gasteiger partial charge in [0.15, 0.2) is 0 Å². The van der Waals surface area contributed by atoms with Gasteiger partial charge in [-0.1, -0.05) is 36.3 Å². The van der Waals surface area contributed by atoms with Gasteiger partial charge < -0.3 is 4.98 Å². The van der Waals surface area contributed by atoms with Crippen molar-refractivity contribution in [2.45, 2.75) is 26.2 Å². The molecule has 5 nitrogen and oxygen atoms in total. The summed E-state index contributed by atoms with van der Waals surface area (Å²) in [5, 5.41) is 13.9. The number of anilines is 1. The van der Waals surface area contributed by atoms with Crippen LogP contribution < -0.4 is 5.32 Å². The Hall–Kier alpha value is -1.92. The molecule has 0 spiro atoms. The van der Waals surface area contributed by atoms with Gasteiger partial charge in [-0.3, -0.25) is 10.1 Å². The highest BCUT2D eigenvalue weighted by Crippen LogP contribution is 2.22. The van der Waals surface area contributed by atoms with Crippen LogP contribution in [-0.4, -0.2) is 21.1 Å². The Labute approximate surface area is 136 Å². The summed E-state index contributed by atoms with van der Waals surface area (Å²) >= 11 is 7.37. The molecule has 2 heterocycles. The maximum atomic E-state index is 12.3. The Bertz CT molecular complexity index is 811. The number of hydrogen-bond donors (Lipinski definition) is 2. The van der Waals surface area contributed by atoms with Crippen LogP contribution in [0.4, 0.5) is 5.13 Å². The number of fused-ring (bicyclic) bond motifs is 1. The normalized spacial score (nSPS) is 11.0. The van der Waals surface area contributed by atoms with Crippen LogP contribution in [-0.2, 0) is 6.42 Å². The van der Waals surface area contributed by atoms with Gasteiger partial charge in [0.2, 0.25) is 5.13 Å². The van der Waals surface area contributed by atoms with Crippen LogP contribution in [0, 0.1) is 0 Å². The lowest BCUT2D eigenvalue weighted by Gasteiger charge is -1.97. The molecule has 0 saturated heterocycles. The number of rotatable bonds is 5. The number of halogens is 1. The van der Waals surface area contributed by atoms with Crippen LogP contribution in [0.3, 0.4) is 0 Å². The number of carbonyl (C=O) groups excluding carboxylic acids is 1. The molecule has 0 aliphatic heterocycles. The molecule has 0 saturated carbocycles. The average molecular weight is 335 g/mol. The Morgan fingerprint density at radius 3 is 3.05 bits per heavy atom. The minimum absolute atomic E-state index is 0.231. The fourth-order valence-corrected chi connectivity index (χ4v) is 3.08. The van der Waals surface area contributed by atoms with E-state index in [-0.39, 0.29) is 5.91 Å². The summed E-state index contributed by atoms with van der Waals surface area (Å²) in [6.45, 7) is 2.13. The zero-order chi connectivity index (χ0) is 15.5. The number of amides is 1. The van der Waals surface area contributed by atoms with Crippen molar-refractivity contribution in [2.24, 2.45) is 0 Å². The molecule has 0 atom stereocenters. The predicted molar refractivity (Wildman–Crippen MR) is 89.8 cm³/mol. The lowest BCUT2D eigenvalue weighted by Crippen LogP contribution is -2.11. The molecule has 0 unspecified atom stereocenters. The first-order valence-electron chi connectivity index (χ1n) is 7.07. The number of aryl methyl sites for hydroxylation is 1. The number of hydrogen-bond acceptors (Lipinski definition) is 4. The first kappa shape index (κ1) is 15.0. The molecule has 0 aliphatic rings. The van der Waals surface area contributed by atoms with Crippen LogP contribution in [0.15, 0.2) is 24.3 Å². The summed E-state index contributed by atoms with van der Waals surface area (Å²) in [5.41, 5.74) is 1.35. The monoisotopic (exact) mass is 334 g/mol. The Kier molecular flexibility index (Phi) is 4.40. The number of H-pyrrole nitrogens is 1. The molecule has 0 aliphatic carbocycles. The van der Waals surface area contributed by atoms with Gasteiger partial charge in [0.1, 0.15) is 10.7 Å². The van der Waals surface area contributed by atoms with E-state index in [1.165, 1.54) is 11.3 Å². The first-order chi connectivity index (χ1) is 10.7. The topological polar surface area (TPSA) is 70.7 Å². The van der Waals surface area contributed by atoms with E-state index in [1.807, 2.05) is 12.1 Å². The SMILES string of the molecule is CCCCc1nnc(NC(=O)c2cc3cc(Cl)ccc3[nH]2)s1. The van der Waals surface area contributed by atoms with Crippen molar-refractivity contribution >= 4 is 44.9 Å². The van der Waals surface area contributed by atoms with E-state index in [2.05, 4.69) is 27.4 Å². The van der Waals surface area contributed by atoms with Crippen molar-refractivity contribution in [3.8, 4) is 0 Å². The highest BCUT2D eigenvalue weighted by atomic mass is 35.5. The molecule has 7 heteroatoms. The third kappa shape index (κ3) is 3.28. The molecule has 0 radical (unpaired) electrons. The molecule has 0 bridgehead atoms. The third-order valence-corrected chi connectivity index (χ3v) is 4.39. The molecule has 0 fully saturated rings. The zero-order valence-corrected chi connectivity index (χ0v) is 13.6. The van der Waals surface area contributed by atoms with E-state index in [0.717, 1.165) is 35.2 Å². The highest BCUT2D eigenvalue weighted by molar-refractivity contribution is 7.15. The van der Waals surface area contributed by atoms with Crippen LogP contribution in [0.25, 0.3) is 10.9 Å². The zero-order valence-electron chi connectivity index (χ0n) is 12.0. The number of aromatic amines is 1. The van der Waals surface area contributed by atoms with Crippen molar-refractivity contribution in [2.75, 3.05) is 5.32 Å². The van der Waals surface area contributed by atoms with Crippen LogP contribution in [0.5, 0.6) is 0 Å². The molecule has 22 heavy (non-hydrogen) atoms. The van der Waals surface area contributed by atoms with E-state index in [9.17, 15) is 4.79 Å². The van der Waals surface area contributed by atoms with Crippen LogP contribution in [0.1, 0.15) is 35.3 Å². The number of nitrogens with one attached hydrogen (secondary N) is 2. The van der Waals surface area contributed by atoms with Gasteiger partial charge in [0.05, 0.1) is 0 Å². The molecule has 3 aromatic rings. The minimum Gasteiger partial charge on any atom is -0.351 e. The van der Waals surface area contributed by atoms with E-state index >= 15 is 0 Å². The maximum absolute atomic E-state index is 12.3. The number of benzene rings is 1. The smallest absolute Gasteiger partial charge is 0.273 e. The summed E-state index contributed by atoms with van der Waals surface area (Å²) in [5.74, 6) is -0.231.